The fourth-order valence-electron chi connectivity index (χ4n) is 1.27. The van der Waals surface area contributed by atoms with E-state index >= 15 is 0 Å². The normalized spacial score (nSPS) is 12.9. The summed E-state index contributed by atoms with van der Waals surface area (Å²) in [6.07, 6.45) is -0.766. The van der Waals surface area contributed by atoms with Crippen LogP contribution in [0.4, 0.5) is 5.82 Å². The van der Waals surface area contributed by atoms with Gasteiger partial charge < -0.3 is 25.8 Å². The first-order chi connectivity index (χ1) is 8.13. The SMILES string of the molecule is Nc1ccnc(=O)n1C(CO)OC(CO)CO. The number of nitrogens with zero attached hydrogens (tertiary/aromatic N) is 2. The van der Waals surface area contributed by atoms with Crippen molar-refractivity contribution >= 4 is 5.82 Å². The third-order valence-electron chi connectivity index (χ3n) is 2.12. The topological polar surface area (TPSA) is 131 Å². The molecule has 0 aliphatic rings. The average molecular weight is 245 g/mol. The summed E-state index contributed by atoms with van der Waals surface area (Å²) in [4.78, 5) is 14.9. The summed E-state index contributed by atoms with van der Waals surface area (Å²) >= 11 is 0. The van der Waals surface area contributed by atoms with E-state index in [1.165, 1.54) is 12.3 Å². The minimum Gasteiger partial charge on any atom is -0.394 e. The monoisotopic (exact) mass is 245 g/mol. The van der Waals surface area contributed by atoms with Gasteiger partial charge in [-0.2, -0.15) is 0 Å². The van der Waals surface area contributed by atoms with E-state index in [-0.39, 0.29) is 5.82 Å². The summed E-state index contributed by atoms with van der Waals surface area (Å²) in [5.41, 5.74) is 4.88. The summed E-state index contributed by atoms with van der Waals surface area (Å²) in [6.45, 7) is -1.42. The fourth-order valence-corrected chi connectivity index (χ4v) is 1.27. The summed E-state index contributed by atoms with van der Waals surface area (Å²) in [6, 6.07) is 1.38. The van der Waals surface area contributed by atoms with Gasteiger partial charge in [-0.1, -0.05) is 0 Å². The third kappa shape index (κ3) is 3.24. The zero-order valence-electron chi connectivity index (χ0n) is 9.06. The maximum Gasteiger partial charge on any atom is 0.351 e. The lowest BCUT2D eigenvalue weighted by Gasteiger charge is -2.23. The third-order valence-corrected chi connectivity index (χ3v) is 2.12. The quantitative estimate of drug-likeness (QED) is 0.442. The summed E-state index contributed by atoms with van der Waals surface area (Å²) < 4.78 is 6.08. The largest absolute Gasteiger partial charge is 0.394 e. The molecule has 17 heavy (non-hydrogen) atoms. The smallest absolute Gasteiger partial charge is 0.351 e. The highest BCUT2D eigenvalue weighted by molar-refractivity contribution is 5.26. The van der Waals surface area contributed by atoms with Crippen molar-refractivity contribution in [2.24, 2.45) is 0 Å². The lowest BCUT2D eigenvalue weighted by Crippen LogP contribution is -2.36. The van der Waals surface area contributed by atoms with Gasteiger partial charge in [-0.05, 0) is 6.07 Å². The van der Waals surface area contributed by atoms with E-state index < -0.39 is 37.8 Å². The molecule has 0 saturated carbocycles. The molecule has 8 nitrogen and oxygen atoms in total. The molecule has 0 aliphatic heterocycles. The van der Waals surface area contributed by atoms with Gasteiger partial charge in [-0.15, -0.1) is 0 Å². The van der Waals surface area contributed by atoms with Crippen LogP contribution in [0, 0.1) is 0 Å². The highest BCUT2D eigenvalue weighted by Gasteiger charge is 2.19. The van der Waals surface area contributed by atoms with Crippen LogP contribution >= 0.6 is 0 Å². The van der Waals surface area contributed by atoms with Crippen LogP contribution in [-0.4, -0.2) is 50.8 Å². The van der Waals surface area contributed by atoms with Crippen LogP contribution in [0.25, 0.3) is 0 Å². The van der Waals surface area contributed by atoms with Crippen LogP contribution in [-0.2, 0) is 4.74 Å². The van der Waals surface area contributed by atoms with Crippen molar-refractivity contribution in [2.75, 3.05) is 25.6 Å². The fraction of sp³-hybridized carbons (Fsp3) is 0.556. The lowest BCUT2D eigenvalue weighted by molar-refractivity contribution is -0.112. The number of aliphatic hydroxyl groups is 3. The first-order valence-electron chi connectivity index (χ1n) is 4.95. The molecule has 8 heteroatoms. The first-order valence-corrected chi connectivity index (χ1v) is 4.95. The van der Waals surface area contributed by atoms with Gasteiger partial charge in [0.25, 0.3) is 0 Å². The highest BCUT2D eigenvalue weighted by Crippen LogP contribution is 2.12. The minimum absolute atomic E-state index is 0.0682. The van der Waals surface area contributed by atoms with Crippen molar-refractivity contribution in [2.45, 2.75) is 12.3 Å². The molecule has 0 aliphatic carbocycles. The van der Waals surface area contributed by atoms with E-state index in [4.69, 9.17) is 25.8 Å². The lowest BCUT2D eigenvalue weighted by atomic mass is 10.4. The molecule has 0 bridgehead atoms. The van der Waals surface area contributed by atoms with E-state index in [1.807, 2.05) is 0 Å². The summed E-state index contributed by atoms with van der Waals surface area (Å²) in [5.74, 6) is 0.0682. The van der Waals surface area contributed by atoms with Crippen molar-refractivity contribution in [1.29, 1.82) is 0 Å². The number of nitrogen functional groups attached to an aromatic ring is 1. The Balaban J connectivity index is 2.97. The Bertz CT molecular complexity index is 404. The van der Waals surface area contributed by atoms with E-state index in [2.05, 4.69) is 4.98 Å². The average Bonchev–Trinajstić information content (AvgIpc) is 2.33. The van der Waals surface area contributed by atoms with Crippen LogP contribution in [0.1, 0.15) is 6.23 Å². The van der Waals surface area contributed by atoms with Crippen LogP contribution in [0.3, 0.4) is 0 Å². The summed E-state index contributed by atoms with van der Waals surface area (Å²) in [7, 11) is 0. The van der Waals surface area contributed by atoms with E-state index in [9.17, 15) is 4.79 Å². The van der Waals surface area contributed by atoms with Crippen molar-refractivity contribution in [1.82, 2.24) is 9.55 Å². The molecule has 1 heterocycles. The molecule has 96 valence electrons. The first kappa shape index (κ1) is 13.6. The van der Waals surface area contributed by atoms with Crippen LogP contribution in [0.5, 0.6) is 0 Å². The van der Waals surface area contributed by atoms with Crippen molar-refractivity contribution in [3.05, 3.63) is 22.7 Å². The van der Waals surface area contributed by atoms with E-state index in [0.717, 1.165) is 4.57 Å². The zero-order valence-corrected chi connectivity index (χ0v) is 9.06. The molecule has 5 N–H and O–H groups in total. The second-order valence-corrected chi connectivity index (χ2v) is 3.28. The Kier molecular flexibility index (Phi) is 5.04. The number of ether oxygens (including phenoxy) is 1. The number of hydrogen-bond donors (Lipinski definition) is 4. The van der Waals surface area contributed by atoms with E-state index in [0.29, 0.717) is 0 Å². The molecule has 1 rings (SSSR count). The standard InChI is InChI=1S/C9H15N3O5/c10-7-1-2-11-9(16)12(7)8(5-15)17-6(3-13)4-14/h1-2,6,8,13-15H,3-5,10H2. The Morgan fingerprint density at radius 2 is 2.00 bits per heavy atom. The minimum atomic E-state index is -1.10. The van der Waals surface area contributed by atoms with Gasteiger partial charge in [0.05, 0.1) is 19.8 Å². The molecular formula is C9H15N3O5. The van der Waals surface area contributed by atoms with Gasteiger partial charge in [0.2, 0.25) is 0 Å². The predicted octanol–water partition coefficient (Wildman–Crippen LogP) is -2.31. The Morgan fingerprint density at radius 3 is 2.47 bits per heavy atom. The van der Waals surface area contributed by atoms with Gasteiger partial charge in [0, 0.05) is 6.20 Å². The maximum atomic E-state index is 11.5. The van der Waals surface area contributed by atoms with Gasteiger partial charge in [-0.3, -0.25) is 0 Å². The molecule has 1 atom stereocenters. The Hall–Kier alpha value is -1.48. The number of aliphatic hydroxyl groups excluding tert-OH is 3. The highest BCUT2D eigenvalue weighted by atomic mass is 16.5. The van der Waals surface area contributed by atoms with Crippen molar-refractivity contribution < 1.29 is 20.1 Å². The molecule has 1 aromatic heterocycles. The van der Waals surface area contributed by atoms with Crippen LogP contribution in [0.2, 0.25) is 0 Å². The molecule has 1 aromatic rings. The number of aromatic nitrogens is 2. The molecule has 0 fully saturated rings. The number of hydrogen-bond acceptors (Lipinski definition) is 7. The molecule has 0 radical (unpaired) electrons. The Morgan fingerprint density at radius 1 is 1.35 bits per heavy atom. The molecule has 1 unspecified atom stereocenters. The van der Waals surface area contributed by atoms with Crippen LogP contribution in [0.15, 0.2) is 17.1 Å². The second-order valence-electron chi connectivity index (χ2n) is 3.28. The number of nitrogens with two attached hydrogens (primary N) is 1. The van der Waals surface area contributed by atoms with E-state index in [1.54, 1.807) is 0 Å². The second kappa shape index (κ2) is 6.30. The van der Waals surface area contributed by atoms with Gasteiger partial charge in [0.15, 0.2) is 6.23 Å². The van der Waals surface area contributed by atoms with Gasteiger partial charge in [0.1, 0.15) is 11.9 Å². The molecule has 0 spiro atoms. The molecule has 0 amide bonds. The maximum absolute atomic E-state index is 11.5. The Labute approximate surface area is 96.9 Å². The molecule has 0 aromatic carbocycles. The predicted molar refractivity (Wildman–Crippen MR) is 58.1 cm³/mol. The number of anilines is 1. The summed E-state index contributed by atoms with van der Waals surface area (Å²) in [5, 5.41) is 26.8. The van der Waals surface area contributed by atoms with Gasteiger partial charge in [-0.25, -0.2) is 14.3 Å². The zero-order chi connectivity index (χ0) is 12.8. The van der Waals surface area contributed by atoms with Crippen molar-refractivity contribution in [3.63, 3.8) is 0 Å². The number of rotatable bonds is 6. The van der Waals surface area contributed by atoms with Gasteiger partial charge >= 0.3 is 5.69 Å². The van der Waals surface area contributed by atoms with Crippen LogP contribution < -0.4 is 11.4 Å². The van der Waals surface area contributed by atoms with Crippen molar-refractivity contribution in [3.8, 4) is 0 Å². The molecule has 0 saturated heterocycles. The molecular weight excluding hydrogens is 230 g/mol.